The van der Waals surface area contributed by atoms with Crippen molar-refractivity contribution in [1.82, 2.24) is 5.32 Å². The lowest BCUT2D eigenvalue weighted by Gasteiger charge is -2.32. The Morgan fingerprint density at radius 1 is 1.35 bits per heavy atom. The van der Waals surface area contributed by atoms with Crippen LogP contribution in [0.1, 0.15) is 47.3 Å². The van der Waals surface area contributed by atoms with Gasteiger partial charge in [0.1, 0.15) is 6.04 Å². The molecule has 1 atom stereocenters. The van der Waals surface area contributed by atoms with Gasteiger partial charge in [0, 0.05) is 12.0 Å². The standard InChI is InChI=1S/C16H16F3NO3/c1-2-23-14(22)9-3-4-11-10(7-9)12(13(21)16(17,18)19)20-8-15(11)5-6-15/h3-4,7,12,20H,2,5-6,8H2,1H3. The zero-order chi connectivity index (χ0) is 16.8. The molecule has 1 unspecified atom stereocenters. The fraction of sp³-hybridized carbons (Fsp3) is 0.500. The van der Waals surface area contributed by atoms with Gasteiger partial charge in [-0.3, -0.25) is 4.79 Å². The Balaban J connectivity index is 2.03. The van der Waals surface area contributed by atoms with Crippen molar-refractivity contribution in [2.24, 2.45) is 0 Å². The molecule has 1 aromatic rings. The Hall–Kier alpha value is -1.89. The molecule has 0 saturated heterocycles. The summed E-state index contributed by atoms with van der Waals surface area (Å²) >= 11 is 0. The number of ether oxygens (including phenoxy) is 1. The van der Waals surface area contributed by atoms with Gasteiger partial charge in [0.25, 0.3) is 5.78 Å². The Labute approximate surface area is 131 Å². The zero-order valence-electron chi connectivity index (χ0n) is 12.5. The van der Waals surface area contributed by atoms with Crippen LogP contribution in [0.3, 0.4) is 0 Å². The van der Waals surface area contributed by atoms with Crippen molar-refractivity contribution in [2.45, 2.75) is 37.4 Å². The lowest BCUT2D eigenvalue weighted by molar-refractivity contribution is -0.173. The minimum Gasteiger partial charge on any atom is -0.462 e. The van der Waals surface area contributed by atoms with Gasteiger partial charge >= 0.3 is 12.1 Å². The van der Waals surface area contributed by atoms with Crippen molar-refractivity contribution in [1.29, 1.82) is 0 Å². The predicted octanol–water partition coefficient (Wildman–Crippen LogP) is 2.67. The van der Waals surface area contributed by atoms with E-state index in [1.807, 2.05) is 0 Å². The Morgan fingerprint density at radius 3 is 2.61 bits per heavy atom. The second-order valence-corrected chi connectivity index (χ2v) is 5.98. The monoisotopic (exact) mass is 327 g/mol. The molecule has 0 bridgehead atoms. The van der Waals surface area contributed by atoms with E-state index in [2.05, 4.69) is 5.32 Å². The van der Waals surface area contributed by atoms with Crippen LogP contribution in [0, 0.1) is 0 Å². The molecule has 1 saturated carbocycles. The number of hydrogen-bond donors (Lipinski definition) is 1. The van der Waals surface area contributed by atoms with Gasteiger partial charge in [0.05, 0.1) is 12.2 Å². The van der Waals surface area contributed by atoms with Crippen LogP contribution in [-0.4, -0.2) is 31.1 Å². The number of carbonyl (C=O) groups excluding carboxylic acids is 2. The third-order valence-electron chi connectivity index (χ3n) is 4.48. The van der Waals surface area contributed by atoms with Crippen molar-refractivity contribution >= 4 is 11.8 Å². The highest BCUT2D eigenvalue weighted by Gasteiger charge is 2.53. The number of Topliss-reactive ketones (excluding diaryl/α,β-unsaturated/α-hetero) is 1. The summed E-state index contributed by atoms with van der Waals surface area (Å²) in [7, 11) is 0. The lowest BCUT2D eigenvalue weighted by Crippen LogP contribution is -2.45. The van der Waals surface area contributed by atoms with Crippen molar-refractivity contribution in [3.05, 3.63) is 34.9 Å². The van der Waals surface area contributed by atoms with Gasteiger partial charge in [-0.05, 0) is 43.0 Å². The van der Waals surface area contributed by atoms with Gasteiger partial charge in [-0.1, -0.05) is 6.07 Å². The minimum atomic E-state index is -4.93. The molecule has 1 spiro atoms. The average Bonchev–Trinajstić information content (AvgIpc) is 3.26. The summed E-state index contributed by atoms with van der Waals surface area (Å²) in [5.41, 5.74) is 0.920. The molecule has 1 aromatic carbocycles. The topological polar surface area (TPSA) is 55.4 Å². The highest BCUT2D eigenvalue weighted by molar-refractivity contribution is 5.93. The van der Waals surface area contributed by atoms with E-state index in [9.17, 15) is 22.8 Å². The number of ketones is 1. The SMILES string of the molecule is CCOC(=O)c1ccc2c(c1)C(C(=O)C(F)(F)F)NCC21CC1. The average molecular weight is 327 g/mol. The first kappa shape index (κ1) is 16.0. The molecule has 7 heteroatoms. The molecule has 0 amide bonds. The molecule has 1 aliphatic carbocycles. The molecule has 1 aliphatic heterocycles. The molecule has 1 fully saturated rings. The smallest absolute Gasteiger partial charge is 0.452 e. The number of benzene rings is 1. The molecule has 124 valence electrons. The van der Waals surface area contributed by atoms with E-state index in [1.54, 1.807) is 19.1 Å². The highest BCUT2D eigenvalue weighted by Crippen LogP contribution is 2.52. The van der Waals surface area contributed by atoms with Gasteiger partial charge in [-0.25, -0.2) is 4.79 Å². The van der Waals surface area contributed by atoms with Crippen LogP contribution in [0.2, 0.25) is 0 Å². The molecular formula is C16H16F3NO3. The summed E-state index contributed by atoms with van der Waals surface area (Å²) in [4.78, 5) is 23.5. The van der Waals surface area contributed by atoms with Crippen LogP contribution in [-0.2, 0) is 14.9 Å². The molecule has 1 heterocycles. The largest absolute Gasteiger partial charge is 0.462 e. The fourth-order valence-electron chi connectivity index (χ4n) is 3.12. The maximum Gasteiger partial charge on any atom is 0.452 e. The number of rotatable bonds is 3. The van der Waals surface area contributed by atoms with E-state index in [0.717, 1.165) is 18.4 Å². The summed E-state index contributed by atoms with van der Waals surface area (Å²) in [6.07, 6.45) is -3.21. The van der Waals surface area contributed by atoms with Gasteiger partial charge in [0.2, 0.25) is 0 Å². The molecule has 0 aromatic heterocycles. The Morgan fingerprint density at radius 2 is 2.04 bits per heavy atom. The van der Waals surface area contributed by atoms with Gasteiger partial charge in [-0.15, -0.1) is 0 Å². The van der Waals surface area contributed by atoms with Crippen molar-refractivity contribution in [3.63, 3.8) is 0 Å². The first-order valence-corrected chi connectivity index (χ1v) is 7.44. The summed E-state index contributed by atoms with van der Waals surface area (Å²) in [5, 5.41) is 2.71. The first-order valence-electron chi connectivity index (χ1n) is 7.44. The predicted molar refractivity (Wildman–Crippen MR) is 75.1 cm³/mol. The quantitative estimate of drug-likeness (QED) is 0.867. The second kappa shape index (κ2) is 5.33. The molecule has 3 rings (SSSR count). The van der Waals surface area contributed by atoms with E-state index >= 15 is 0 Å². The number of nitrogens with one attached hydrogen (secondary N) is 1. The maximum atomic E-state index is 12.8. The molecule has 0 radical (unpaired) electrons. The number of halogens is 3. The van der Waals surface area contributed by atoms with Crippen molar-refractivity contribution in [2.75, 3.05) is 13.2 Å². The number of hydrogen-bond acceptors (Lipinski definition) is 4. The van der Waals surface area contributed by atoms with Crippen molar-refractivity contribution in [3.8, 4) is 0 Å². The zero-order valence-corrected chi connectivity index (χ0v) is 12.5. The number of esters is 1. The van der Waals surface area contributed by atoms with Gasteiger partial charge in [0.15, 0.2) is 0 Å². The van der Waals surface area contributed by atoms with Crippen LogP contribution in [0.15, 0.2) is 18.2 Å². The van der Waals surface area contributed by atoms with E-state index in [-0.39, 0.29) is 23.1 Å². The van der Waals surface area contributed by atoms with Crippen LogP contribution in [0.4, 0.5) is 13.2 Å². The normalized spacial score (nSPS) is 21.7. The molecule has 23 heavy (non-hydrogen) atoms. The van der Waals surface area contributed by atoms with E-state index < -0.39 is 24.0 Å². The Kier molecular flexibility index (Phi) is 3.71. The molecule has 1 N–H and O–H groups in total. The van der Waals surface area contributed by atoms with Crippen molar-refractivity contribution < 1.29 is 27.5 Å². The summed E-state index contributed by atoms with van der Waals surface area (Å²) in [6.45, 7) is 2.15. The number of alkyl halides is 3. The van der Waals surface area contributed by atoms with Crippen LogP contribution in [0.25, 0.3) is 0 Å². The van der Waals surface area contributed by atoms with Crippen LogP contribution < -0.4 is 5.32 Å². The van der Waals surface area contributed by atoms with E-state index in [1.165, 1.54) is 6.07 Å². The lowest BCUT2D eigenvalue weighted by atomic mass is 9.82. The molecular weight excluding hydrogens is 311 g/mol. The summed E-state index contributed by atoms with van der Waals surface area (Å²) in [6, 6.07) is 3.10. The summed E-state index contributed by atoms with van der Waals surface area (Å²) < 4.78 is 43.4. The highest BCUT2D eigenvalue weighted by atomic mass is 19.4. The number of fused-ring (bicyclic) bond motifs is 2. The van der Waals surface area contributed by atoms with Crippen LogP contribution >= 0.6 is 0 Å². The first-order chi connectivity index (χ1) is 10.8. The summed E-state index contributed by atoms with van der Waals surface area (Å²) in [5.74, 6) is -2.45. The second-order valence-electron chi connectivity index (χ2n) is 5.98. The maximum absolute atomic E-state index is 12.8. The Bertz CT molecular complexity index is 665. The van der Waals surface area contributed by atoms with Gasteiger partial charge in [-0.2, -0.15) is 13.2 Å². The minimum absolute atomic E-state index is 0.157. The molecule has 2 aliphatic rings. The number of carbonyl (C=O) groups is 2. The van der Waals surface area contributed by atoms with E-state index in [4.69, 9.17) is 4.74 Å². The van der Waals surface area contributed by atoms with Gasteiger partial charge < -0.3 is 10.1 Å². The fourth-order valence-corrected chi connectivity index (χ4v) is 3.12. The van der Waals surface area contributed by atoms with E-state index in [0.29, 0.717) is 6.54 Å². The van der Waals surface area contributed by atoms with Crippen LogP contribution in [0.5, 0.6) is 0 Å². The molecule has 4 nitrogen and oxygen atoms in total. The third kappa shape index (κ3) is 2.73. The third-order valence-corrected chi connectivity index (χ3v) is 4.48.